The Kier molecular flexibility index (Phi) is 4.32. The Morgan fingerprint density at radius 3 is 2.90 bits per heavy atom. The molecule has 21 heavy (non-hydrogen) atoms. The third-order valence-corrected chi connectivity index (χ3v) is 5.28. The van der Waals surface area contributed by atoms with Crippen molar-refractivity contribution in [3.63, 3.8) is 0 Å². The highest BCUT2D eigenvalue weighted by molar-refractivity contribution is 7.10. The van der Waals surface area contributed by atoms with E-state index in [4.69, 9.17) is 0 Å². The molecule has 0 bridgehead atoms. The van der Waals surface area contributed by atoms with E-state index in [1.54, 1.807) is 4.88 Å². The van der Waals surface area contributed by atoms with Crippen LogP contribution in [0.2, 0.25) is 0 Å². The largest absolute Gasteiger partial charge is 0.364 e. The topological polar surface area (TPSA) is 15.3 Å². The van der Waals surface area contributed by atoms with Crippen LogP contribution in [-0.4, -0.2) is 12.6 Å². The zero-order chi connectivity index (χ0) is 14.8. The van der Waals surface area contributed by atoms with Crippen molar-refractivity contribution < 1.29 is 0 Å². The van der Waals surface area contributed by atoms with Gasteiger partial charge in [-0.2, -0.15) is 0 Å². The third kappa shape index (κ3) is 2.99. The predicted molar refractivity (Wildman–Crippen MR) is 92.2 cm³/mol. The van der Waals surface area contributed by atoms with E-state index in [9.17, 15) is 0 Å². The summed E-state index contributed by atoms with van der Waals surface area (Å²) in [6, 6.07) is 12.1. The van der Waals surface area contributed by atoms with Crippen LogP contribution in [0.4, 0.5) is 5.69 Å². The van der Waals surface area contributed by atoms with E-state index < -0.39 is 0 Å². The second-order valence-corrected chi connectivity index (χ2v) is 7.08. The molecule has 2 heterocycles. The number of hydrogen-bond donors (Lipinski definition) is 1. The van der Waals surface area contributed by atoms with Gasteiger partial charge in [0.25, 0.3) is 0 Å². The molecule has 0 fully saturated rings. The second kappa shape index (κ2) is 6.20. The van der Waals surface area contributed by atoms with Gasteiger partial charge in [-0.25, -0.2) is 0 Å². The van der Waals surface area contributed by atoms with Crippen molar-refractivity contribution in [3.8, 4) is 0 Å². The number of anilines is 1. The van der Waals surface area contributed by atoms with Gasteiger partial charge in [0.1, 0.15) is 0 Å². The summed E-state index contributed by atoms with van der Waals surface area (Å²) < 4.78 is 0. The first-order valence-electron chi connectivity index (χ1n) is 7.81. The van der Waals surface area contributed by atoms with E-state index in [2.05, 4.69) is 66.7 Å². The number of thiophene rings is 1. The molecular weight excluding hydrogens is 276 g/mol. The lowest BCUT2D eigenvalue weighted by atomic mass is 9.99. The lowest BCUT2D eigenvalue weighted by molar-refractivity contribution is 0.581. The summed E-state index contributed by atoms with van der Waals surface area (Å²) in [5.74, 6) is 0. The Bertz CT molecular complexity index is 603. The third-order valence-electron chi connectivity index (χ3n) is 4.28. The maximum Gasteiger partial charge on any atom is 0.0525 e. The zero-order valence-electron chi connectivity index (χ0n) is 13.1. The fourth-order valence-electron chi connectivity index (χ4n) is 3.09. The molecule has 1 aliphatic heterocycles. The van der Waals surface area contributed by atoms with Gasteiger partial charge < -0.3 is 10.2 Å². The van der Waals surface area contributed by atoms with Gasteiger partial charge in [-0.3, -0.25) is 0 Å². The molecule has 3 heteroatoms. The van der Waals surface area contributed by atoms with Crippen LogP contribution < -0.4 is 10.2 Å². The quantitative estimate of drug-likeness (QED) is 0.902. The summed E-state index contributed by atoms with van der Waals surface area (Å²) in [6.45, 7) is 8.78. The molecule has 0 aliphatic carbocycles. The molecule has 0 amide bonds. The molecule has 0 radical (unpaired) electrons. The highest BCUT2D eigenvalue weighted by Crippen LogP contribution is 2.37. The maximum absolute atomic E-state index is 3.55. The Morgan fingerprint density at radius 1 is 1.29 bits per heavy atom. The zero-order valence-corrected chi connectivity index (χ0v) is 13.9. The van der Waals surface area contributed by atoms with E-state index in [1.165, 1.54) is 23.2 Å². The molecule has 0 saturated carbocycles. The molecule has 112 valence electrons. The van der Waals surface area contributed by atoms with E-state index in [-0.39, 0.29) is 0 Å². The summed E-state index contributed by atoms with van der Waals surface area (Å²) >= 11 is 1.91. The Morgan fingerprint density at radius 2 is 2.10 bits per heavy atom. The molecular formula is C18H24N2S. The van der Waals surface area contributed by atoms with Crippen LogP contribution >= 0.6 is 11.3 Å². The number of rotatable bonds is 4. The van der Waals surface area contributed by atoms with Gasteiger partial charge in [-0.1, -0.05) is 32.0 Å². The Hall–Kier alpha value is -1.32. The molecule has 0 spiro atoms. The minimum atomic E-state index is 0.472. The fraction of sp³-hybridized carbons (Fsp3) is 0.444. The highest BCUT2D eigenvalue weighted by Gasteiger charge is 2.26. The average molecular weight is 300 g/mol. The van der Waals surface area contributed by atoms with Gasteiger partial charge in [0.05, 0.1) is 6.04 Å². The molecule has 3 rings (SSSR count). The molecule has 1 N–H and O–H groups in total. The van der Waals surface area contributed by atoms with Crippen molar-refractivity contribution in [1.29, 1.82) is 0 Å². The molecule has 0 saturated heterocycles. The summed E-state index contributed by atoms with van der Waals surface area (Å²) in [5.41, 5.74) is 4.30. The van der Waals surface area contributed by atoms with Crippen LogP contribution in [0.3, 0.4) is 0 Å². The lowest BCUT2D eigenvalue weighted by Crippen LogP contribution is -2.34. The molecule has 1 aromatic carbocycles. The monoisotopic (exact) mass is 300 g/mol. The normalized spacial score (nSPS) is 18.1. The smallest absolute Gasteiger partial charge is 0.0525 e. The van der Waals surface area contributed by atoms with Crippen LogP contribution in [0.25, 0.3) is 0 Å². The number of fused-ring (bicyclic) bond motifs is 1. The molecule has 2 aromatic rings. The van der Waals surface area contributed by atoms with Crippen molar-refractivity contribution in [1.82, 2.24) is 5.32 Å². The van der Waals surface area contributed by atoms with E-state index in [0.29, 0.717) is 12.1 Å². The van der Waals surface area contributed by atoms with Crippen molar-refractivity contribution in [2.45, 2.75) is 45.8 Å². The summed E-state index contributed by atoms with van der Waals surface area (Å²) in [4.78, 5) is 4.13. The first kappa shape index (κ1) is 14.6. The number of para-hydroxylation sites is 1. The summed E-state index contributed by atoms with van der Waals surface area (Å²) in [6.07, 6.45) is 1.17. The SMILES string of the molecule is CC(C)NCc1ccccc1N1CCc2sccc2C1C. The summed E-state index contributed by atoms with van der Waals surface area (Å²) in [5, 5.41) is 5.78. The van der Waals surface area contributed by atoms with E-state index >= 15 is 0 Å². The number of nitrogens with one attached hydrogen (secondary N) is 1. The first-order chi connectivity index (χ1) is 10.2. The van der Waals surface area contributed by atoms with Gasteiger partial charge >= 0.3 is 0 Å². The van der Waals surface area contributed by atoms with Gasteiger partial charge in [0, 0.05) is 29.7 Å². The van der Waals surface area contributed by atoms with Gasteiger partial charge in [0.2, 0.25) is 0 Å². The van der Waals surface area contributed by atoms with Crippen LogP contribution in [0.1, 0.15) is 42.8 Å². The van der Waals surface area contributed by atoms with Crippen molar-refractivity contribution in [2.75, 3.05) is 11.4 Å². The summed E-state index contributed by atoms with van der Waals surface area (Å²) in [7, 11) is 0. The van der Waals surface area contributed by atoms with Crippen LogP contribution in [0.5, 0.6) is 0 Å². The van der Waals surface area contributed by atoms with Crippen LogP contribution in [0.15, 0.2) is 35.7 Å². The number of benzene rings is 1. The molecule has 2 nitrogen and oxygen atoms in total. The van der Waals surface area contributed by atoms with Gasteiger partial charge in [0.15, 0.2) is 0 Å². The Labute approximate surface area is 131 Å². The van der Waals surface area contributed by atoms with Gasteiger partial charge in [-0.05, 0) is 42.0 Å². The van der Waals surface area contributed by atoms with Gasteiger partial charge in [-0.15, -0.1) is 11.3 Å². The molecule has 1 unspecified atom stereocenters. The molecule has 1 aliphatic rings. The van der Waals surface area contributed by atoms with Crippen molar-refractivity contribution in [3.05, 3.63) is 51.7 Å². The maximum atomic E-state index is 3.55. The lowest BCUT2D eigenvalue weighted by Gasteiger charge is -2.37. The average Bonchev–Trinajstić information content (AvgIpc) is 2.95. The highest BCUT2D eigenvalue weighted by atomic mass is 32.1. The minimum absolute atomic E-state index is 0.472. The standard InChI is InChI=1S/C18H24N2S/c1-13(2)19-12-15-6-4-5-7-17(15)20-10-8-18-16(14(20)3)9-11-21-18/h4-7,9,11,13-14,19H,8,10,12H2,1-3H3. The van der Waals surface area contributed by atoms with E-state index in [1.807, 2.05) is 11.3 Å². The van der Waals surface area contributed by atoms with Crippen LogP contribution in [-0.2, 0) is 13.0 Å². The number of nitrogens with zero attached hydrogens (tertiary/aromatic N) is 1. The molecule has 1 aromatic heterocycles. The first-order valence-corrected chi connectivity index (χ1v) is 8.69. The van der Waals surface area contributed by atoms with E-state index in [0.717, 1.165) is 13.1 Å². The fourth-order valence-corrected chi connectivity index (χ4v) is 4.06. The minimum Gasteiger partial charge on any atom is -0.364 e. The second-order valence-electron chi connectivity index (χ2n) is 6.08. The number of hydrogen-bond acceptors (Lipinski definition) is 3. The van der Waals surface area contributed by atoms with Crippen LogP contribution in [0, 0.1) is 0 Å². The van der Waals surface area contributed by atoms with Crippen molar-refractivity contribution in [2.24, 2.45) is 0 Å². The predicted octanol–water partition coefficient (Wildman–Crippen LogP) is 4.37. The Balaban J connectivity index is 1.87. The van der Waals surface area contributed by atoms with Crippen molar-refractivity contribution >= 4 is 17.0 Å². The molecule has 1 atom stereocenters.